The van der Waals surface area contributed by atoms with Crippen molar-refractivity contribution in [3.8, 4) is 11.8 Å². The van der Waals surface area contributed by atoms with Crippen LogP contribution in [-0.2, 0) is 4.74 Å². The molecular formula is C15H18N2O2. The molecule has 2 aliphatic rings. The van der Waals surface area contributed by atoms with Crippen LogP contribution >= 0.6 is 0 Å². The maximum absolute atomic E-state index is 8.95. The summed E-state index contributed by atoms with van der Waals surface area (Å²) in [6, 6.07) is 10.5. The number of nitriles is 1. The number of benzene rings is 1. The standard InChI is InChI=1S/C15H18N2O2/c16-9-13-11-17(6-8-18-13)10-12-5-7-19-15-4-2-1-3-14(12)15/h1-4,12-13H,5-8,10-11H2. The van der Waals surface area contributed by atoms with Crippen LogP contribution in [-0.4, -0.2) is 43.9 Å². The van der Waals surface area contributed by atoms with E-state index in [-0.39, 0.29) is 6.10 Å². The van der Waals surface area contributed by atoms with Gasteiger partial charge in [-0.15, -0.1) is 0 Å². The van der Waals surface area contributed by atoms with Crippen molar-refractivity contribution in [3.05, 3.63) is 29.8 Å². The molecular weight excluding hydrogens is 240 g/mol. The first-order valence-corrected chi connectivity index (χ1v) is 6.82. The van der Waals surface area contributed by atoms with E-state index in [0.717, 1.165) is 38.4 Å². The van der Waals surface area contributed by atoms with E-state index in [1.807, 2.05) is 12.1 Å². The van der Waals surface area contributed by atoms with E-state index in [2.05, 4.69) is 23.1 Å². The maximum atomic E-state index is 8.95. The third-order valence-electron chi connectivity index (χ3n) is 3.86. The lowest BCUT2D eigenvalue weighted by molar-refractivity contribution is -0.00292. The SMILES string of the molecule is N#CC1CN(CC2CCOc3ccccc32)CCO1. The van der Waals surface area contributed by atoms with E-state index >= 15 is 0 Å². The smallest absolute Gasteiger partial charge is 0.156 e. The number of morpholine rings is 1. The summed E-state index contributed by atoms with van der Waals surface area (Å²) in [6.07, 6.45) is 0.773. The summed E-state index contributed by atoms with van der Waals surface area (Å²) in [4.78, 5) is 2.34. The molecule has 0 radical (unpaired) electrons. The average Bonchev–Trinajstić information content (AvgIpc) is 2.48. The zero-order valence-electron chi connectivity index (χ0n) is 10.9. The second-order valence-corrected chi connectivity index (χ2v) is 5.12. The van der Waals surface area contributed by atoms with Crippen molar-refractivity contribution in [3.63, 3.8) is 0 Å². The first-order chi connectivity index (χ1) is 9.36. The first kappa shape index (κ1) is 12.5. The molecule has 1 saturated heterocycles. The molecule has 3 rings (SSSR count). The summed E-state index contributed by atoms with van der Waals surface area (Å²) >= 11 is 0. The number of ether oxygens (including phenoxy) is 2. The highest BCUT2D eigenvalue weighted by molar-refractivity contribution is 5.37. The van der Waals surface area contributed by atoms with Gasteiger partial charge in [-0.2, -0.15) is 5.26 Å². The Bertz CT molecular complexity index is 483. The van der Waals surface area contributed by atoms with Crippen LogP contribution in [0.25, 0.3) is 0 Å². The van der Waals surface area contributed by atoms with Crippen molar-refractivity contribution in [1.29, 1.82) is 5.26 Å². The number of rotatable bonds is 2. The molecule has 2 aliphatic heterocycles. The molecule has 100 valence electrons. The minimum atomic E-state index is -0.274. The molecule has 0 saturated carbocycles. The van der Waals surface area contributed by atoms with Crippen molar-refractivity contribution in [2.75, 3.05) is 32.8 Å². The normalized spacial score (nSPS) is 27.1. The maximum Gasteiger partial charge on any atom is 0.156 e. The Kier molecular flexibility index (Phi) is 3.67. The summed E-state index contributed by atoms with van der Waals surface area (Å²) in [7, 11) is 0. The molecule has 0 amide bonds. The Morgan fingerprint density at radius 1 is 1.32 bits per heavy atom. The van der Waals surface area contributed by atoms with Gasteiger partial charge in [-0.25, -0.2) is 0 Å². The van der Waals surface area contributed by atoms with Gasteiger partial charge in [-0.05, 0) is 18.1 Å². The quantitative estimate of drug-likeness (QED) is 0.811. The van der Waals surface area contributed by atoms with E-state index in [1.54, 1.807) is 0 Å². The summed E-state index contributed by atoms with van der Waals surface area (Å²) < 4.78 is 11.1. The van der Waals surface area contributed by atoms with Crippen molar-refractivity contribution in [1.82, 2.24) is 4.90 Å². The summed E-state index contributed by atoms with van der Waals surface area (Å²) in [5.74, 6) is 1.52. The Morgan fingerprint density at radius 2 is 2.21 bits per heavy atom. The van der Waals surface area contributed by atoms with Crippen LogP contribution < -0.4 is 4.74 Å². The van der Waals surface area contributed by atoms with Crippen LogP contribution in [0.2, 0.25) is 0 Å². The van der Waals surface area contributed by atoms with Crippen LogP contribution in [0.3, 0.4) is 0 Å². The average molecular weight is 258 g/mol. The lowest BCUT2D eigenvalue weighted by Gasteiger charge is -2.34. The second kappa shape index (κ2) is 5.60. The molecule has 2 atom stereocenters. The Morgan fingerprint density at radius 3 is 3.11 bits per heavy atom. The van der Waals surface area contributed by atoms with Gasteiger partial charge in [0, 0.05) is 25.6 Å². The third kappa shape index (κ3) is 2.73. The van der Waals surface area contributed by atoms with Gasteiger partial charge < -0.3 is 9.47 Å². The van der Waals surface area contributed by atoms with Crippen molar-refractivity contribution >= 4 is 0 Å². The summed E-state index contributed by atoms with van der Waals surface area (Å²) in [6.45, 7) is 4.06. The fourth-order valence-corrected chi connectivity index (χ4v) is 2.86. The monoisotopic (exact) mass is 258 g/mol. The fourth-order valence-electron chi connectivity index (χ4n) is 2.86. The van der Waals surface area contributed by atoms with Gasteiger partial charge in [0.1, 0.15) is 5.75 Å². The summed E-state index contributed by atoms with van der Waals surface area (Å²) in [5.41, 5.74) is 1.30. The largest absolute Gasteiger partial charge is 0.493 e. The Balaban J connectivity index is 1.69. The van der Waals surface area contributed by atoms with Crippen molar-refractivity contribution in [2.45, 2.75) is 18.4 Å². The third-order valence-corrected chi connectivity index (χ3v) is 3.86. The number of hydrogen-bond acceptors (Lipinski definition) is 4. The predicted octanol–water partition coefficient (Wildman–Crippen LogP) is 1.78. The van der Waals surface area contributed by atoms with E-state index in [4.69, 9.17) is 14.7 Å². The fraction of sp³-hybridized carbons (Fsp3) is 0.533. The van der Waals surface area contributed by atoms with Gasteiger partial charge in [0.25, 0.3) is 0 Å². The summed E-state index contributed by atoms with van der Waals surface area (Å²) in [5, 5.41) is 8.95. The molecule has 0 aromatic heterocycles. The molecule has 1 aromatic carbocycles. The minimum Gasteiger partial charge on any atom is -0.493 e. The molecule has 2 heterocycles. The molecule has 1 aromatic rings. The van der Waals surface area contributed by atoms with Crippen LogP contribution in [0.5, 0.6) is 5.75 Å². The lowest BCUT2D eigenvalue weighted by Crippen LogP contribution is -2.44. The number of para-hydroxylation sites is 1. The van der Waals surface area contributed by atoms with Crippen LogP contribution in [0.15, 0.2) is 24.3 Å². The number of hydrogen-bond donors (Lipinski definition) is 0. The molecule has 2 unspecified atom stereocenters. The zero-order valence-corrected chi connectivity index (χ0v) is 10.9. The molecule has 0 spiro atoms. The first-order valence-electron chi connectivity index (χ1n) is 6.82. The molecule has 19 heavy (non-hydrogen) atoms. The zero-order chi connectivity index (χ0) is 13.1. The van der Waals surface area contributed by atoms with Crippen molar-refractivity contribution in [2.24, 2.45) is 0 Å². The van der Waals surface area contributed by atoms with Gasteiger partial charge in [0.15, 0.2) is 6.10 Å². The highest BCUT2D eigenvalue weighted by Gasteiger charge is 2.26. The van der Waals surface area contributed by atoms with E-state index in [9.17, 15) is 0 Å². The molecule has 4 heteroatoms. The van der Waals surface area contributed by atoms with E-state index in [1.165, 1.54) is 5.56 Å². The molecule has 4 nitrogen and oxygen atoms in total. The second-order valence-electron chi connectivity index (χ2n) is 5.12. The molecule has 0 N–H and O–H groups in total. The van der Waals surface area contributed by atoms with E-state index in [0.29, 0.717) is 12.5 Å². The van der Waals surface area contributed by atoms with Crippen molar-refractivity contribution < 1.29 is 9.47 Å². The minimum absolute atomic E-state index is 0.274. The van der Waals surface area contributed by atoms with Crippen LogP contribution in [0.4, 0.5) is 0 Å². The highest BCUT2D eigenvalue weighted by Crippen LogP contribution is 2.34. The number of fused-ring (bicyclic) bond motifs is 1. The molecule has 1 fully saturated rings. The van der Waals surface area contributed by atoms with Gasteiger partial charge >= 0.3 is 0 Å². The van der Waals surface area contributed by atoms with E-state index < -0.39 is 0 Å². The molecule has 0 aliphatic carbocycles. The van der Waals surface area contributed by atoms with Gasteiger partial charge in [-0.1, -0.05) is 18.2 Å². The van der Waals surface area contributed by atoms with Gasteiger partial charge in [0.2, 0.25) is 0 Å². The molecule has 0 bridgehead atoms. The Hall–Kier alpha value is -1.57. The predicted molar refractivity (Wildman–Crippen MR) is 71.1 cm³/mol. The number of nitrogens with zero attached hydrogens (tertiary/aromatic N) is 2. The highest BCUT2D eigenvalue weighted by atomic mass is 16.5. The van der Waals surface area contributed by atoms with Crippen LogP contribution in [0, 0.1) is 11.3 Å². The van der Waals surface area contributed by atoms with Crippen LogP contribution in [0.1, 0.15) is 17.9 Å². The van der Waals surface area contributed by atoms with Gasteiger partial charge in [-0.3, -0.25) is 4.90 Å². The topological polar surface area (TPSA) is 45.5 Å². The lowest BCUT2D eigenvalue weighted by atomic mass is 9.92. The van der Waals surface area contributed by atoms with Gasteiger partial charge in [0.05, 0.1) is 19.3 Å². The Labute approximate surface area is 113 Å².